The molecule has 29 heavy (non-hydrogen) atoms. The molecule has 140 valence electrons. The minimum absolute atomic E-state index is 0.471. The van der Waals surface area contributed by atoms with Gasteiger partial charge in [0.05, 0.1) is 24.7 Å². The number of rotatable bonds is 5. The van der Waals surface area contributed by atoms with Gasteiger partial charge in [-0.15, -0.1) is 0 Å². The first kappa shape index (κ1) is 18.2. The van der Waals surface area contributed by atoms with Gasteiger partial charge in [-0.25, -0.2) is 4.98 Å². The Morgan fingerprint density at radius 2 is 1.72 bits per heavy atom. The van der Waals surface area contributed by atoms with Crippen LogP contribution in [0.2, 0.25) is 0 Å². The van der Waals surface area contributed by atoms with Crippen LogP contribution in [0.15, 0.2) is 85.2 Å². The van der Waals surface area contributed by atoms with Crippen LogP contribution in [0.3, 0.4) is 0 Å². The fraction of sp³-hybridized carbons (Fsp3) is 0.0417. The molecule has 5 heteroatoms. The zero-order valence-corrected chi connectivity index (χ0v) is 15.8. The number of nitrogens with zero attached hydrogens (tertiary/aromatic N) is 3. The van der Waals surface area contributed by atoms with Crippen molar-refractivity contribution >= 4 is 11.5 Å². The number of hydrogen-bond acceptors (Lipinski definition) is 5. The minimum Gasteiger partial charge on any atom is -0.497 e. The predicted octanol–water partition coefficient (Wildman–Crippen LogP) is 5.43. The number of nitriles is 1. The van der Waals surface area contributed by atoms with E-state index in [9.17, 15) is 5.26 Å². The highest BCUT2D eigenvalue weighted by molar-refractivity contribution is 5.82. The quantitative estimate of drug-likeness (QED) is 0.501. The predicted molar refractivity (Wildman–Crippen MR) is 114 cm³/mol. The number of pyridine rings is 2. The molecule has 0 unspecified atom stereocenters. The molecule has 0 aliphatic heterocycles. The van der Waals surface area contributed by atoms with Crippen LogP contribution in [0.4, 0.5) is 11.5 Å². The van der Waals surface area contributed by atoms with Gasteiger partial charge in [0.2, 0.25) is 0 Å². The average Bonchev–Trinajstić information content (AvgIpc) is 2.80. The summed E-state index contributed by atoms with van der Waals surface area (Å²) in [5, 5.41) is 13.2. The summed E-state index contributed by atoms with van der Waals surface area (Å²) in [5.41, 5.74) is 4.70. The molecule has 0 aliphatic carbocycles. The van der Waals surface area contributed by atoms with Crippen LogP contribution in [0.5, 0.6) is 5.75 Å². The lowest BCUT2D eigenvalue weighted by Gasteiger charge is -2.14. The van der Waals surface area contributed by atoms with Gasteiger partial charge in [0.25, 0.3) is 0 Å². The van der Waals surface area contributed by atoms with E-state index in [0.29, 0.717) is 11.4 Å². The van der Waals surface area contributed by atoms with Gasteiger partial charge in [0, 0.05) is 17.3 Å². The molecule has 0 amide bonds. The third kappa shape index (κ3) is 3.92. The lowest BCUT2D eigenvalue weighted by Crippen LogP contribution is -2.01. The first-order chi connectivity index (χ1) is 14.3. The summed E-state index contributed by atoms with van der Waals surface area (Å²) >= 11 is 0. The smallest absolute Gasteiger partial charge is 0.149 e. The second-order valence-electron chi connectivity index (χ2n) is 6.35. The Balaban J connectivity index is 1.90. The van der Waals surface area contributed by atoms with Crippen LogP contribution >= 0.6 is 0 Å². The fourth-order valence-electron chi connectivity index (χ4n) is 3.08. The lowest BCUT2D eigenvalue weighted by atomic mass is 9.98. The molecule has 0 fully saturated rings. The number of methoxy groups -OCH3 is 1. The van der Waals surface area contributed by atoms with E-state index in [-0.39, 0.29) is 0 Å². The highest BCUT2D eigenvalue weighted by Gasteiger charge is 2.16. The van der Waals surface area contributed by atoms with Crippen LogP contribution in [0.1, 0.15) is 5.56 Å². The van der Waals surface area contributed by atoms with Crippen LogP contribution in [-0.4, -0.2) is 17.1 Å². The molecule has 1 N–H and O–H groups in total. The van der Waals surface area contributed by atoms with Gasteiger partial charge in [-0.1, -0.05) is 42.5 Å². The summed E-state index contributed by atoms with van der Waals surface area (Å²) in [6.45, 7) is 0. The number of benzene rings is 2. The van der Waals surface area contributed by atoms with Crippen LogP contribution in [0.25, 0.3) is 22.4 Å². The Labute approximate surface area is 169 Å². The zero-order valence-electron chi connectivity index (χ0n) is 15.8. The molecule has 0 atom stereocenters. The SMILES string of the molecule is COc1ccc(-c2cc(-c3ccccc3)nc(Nc3cccnc3)c2C#N)cc1. The van der Waals surface area contributed by atoms with Crippen molar-refractivity contribution in [3.63, 3.8) is 0 Å². The van der Waals surface area contributed by atoms with Crippen molar-refractivity contribution in [2.75, 3.05) is 12.4 Å². The first-order valence-corrected chi connectivity index (χ1v) is 9.10. The van der Waals surface area contributed by atoms with Crippen molar-refractivity contribution in [1.82, 2.24) is 9.97 Å². The highest BCUT2D eigenvalue weighted by Crippen LogP contribution is 2.34. The first-order valence-electron chi connectivity index (χ1n) is 9.10. The van der Waals surface area contributed by atoms with Crippen molar-refractivity contribution in [3.8, 4) is 34.2 Å². The highest BCUT2D eigenvalue weighted by atomic mass is 16.5. The third-order valence-corrected chi connectivity index (χ3v) is 4.53. The topological polar surface area (TPSA) is 70.8 Å². The van der Waals surface area contributed by atoms with Gasteiger partial charge >= 0.3 is 0 Å². The zero-order chi connectivity index (χ0) is 20.1. The number of nitrogens with one attached hydrogen (secondary N) is 1. The minimum atomic E-state index is 0.471. The second kappa shape index (κ2) is 8.24. The van der Waals surface area contributed by atoms with Crippen molar-refractivity contribution in [2.45, 2.75) is 0 Å². The Bertz CT molecular complexity index is 1150. The second-order valence-corrected chi connectivity index (χ2v) is 6.35. The average molecular weight is 378 g/mol. The molecule has 0 radical (unpaired) electrons. The molecule has 0 bridgehead atoms. The van der Waals surface area contributed by atoms with E-state index in [4.69, 9.17) is 9.72 Å². The molecule has 0 spiro atoms. The maximum atomic E-state index is 9.93. The summed E-state index contributed by atoms with van der Waals surface area (Å²) in [6.07, 6.45) is 3.40. The van der Waals surface area contributed by atoms with E-state index in [2.05, 4.69) is 16.4 Å². The molecule has 0 saturated carbocycles. The maximum absolute atomic E-state index is 9.93. The van der Waals surface area contributed by atoms with Crippen LogP contribution in [0, 0.1) is 11.3 Å². The molecule has 2 aromatic carbocycles. The van der Waals surface area contributed by atoms with Gasteiger partial charge in [-0.05, 0) is 35.9 Å². The Hall–Kier alpha value is -4.17. The molecule has 0 aliphatic rings. The summed E-state index contributed by atoms with van der Waals surface area (Å²) in [4.78, 5) is 8.87. The fourth-order valence-corrected chi connectivity index (χ4v) is 3.08. The normalized spacial score (nSPS) is 10.2. The van der Waals surface area contributed by atoms with Gasteiger partial charge in [-0.2, -0.15) is 5.26 Å². The van der Waals surface area contributed by atoms with Gasteiger partial charge in [-0.3, -0.25) is 4.98 Å². The molecule has 4 aromatic rings. The van der Waals surface area contributed by atoms with E-state index in [0.717, 1.165) is 33.8 Å². The molecular weight excluding hydrogens is 360 g/mol. The van der Waals surface area contributed by atoms with E-state index in [1.807, 2.05) is 72.8 Å². The van der Waals surface area contributed by atoms with E-state index in [1.165, 1.54) is 0 Å². The summed E-state index contributed by atoms with van der Waals surface area (Å²) in [7, 11) is 1.63. The van der Waals surface area contributed by atoms with Crippen molar-refractivity contribution in [1.29, 1.82) is 5.26 Å². The molecule has 4 rings (SSSR count). The number of anilines is 2. The van der Waals surface area contributed by atoms with E-state index >= 15 is 0 Å². The van der Waals surface area contributed by atoms with E-state index < -0.39 is 0 Å². The van der Waals surface area contributed by atoms with E-state index in [1.54, 1.807) is 19.5 Å². The maximum Gasteiger partial charge on any atom is 0.149 e. The number of hydrogen-bond donors (Lipinski definition) is 1. The molecule has 2 aromatic heterocycles. The summed E-state index contributed by atoms with van der Waals surface area (Å²) < 4.78 is 5.26. The summed E-state index contributed by atoms with van der Waals surface area (Å²) in [6, 6.07) is 25.5. The standard InChI is InChI=1S/C24H18N4O/c1-29-20-11-9-17(10-12-20)21-14-23(18-6-3-2-4-7-18)28-24(22(21)15-25)27-19-8-5-13-26-16-19/h2-14,16H,1H3,(H,27,28). The monoisotopic (exact) mass is 378 g/mol. The summed E-state index contributed by atoms with van der Waals surface area (Å²) in [5.74, 6) is 1.26. The number of ether oxygens (including phenoxy) is 1. The molecule has 5 nitrogen and oxygen atoms in total. The van der Waals surface area contributed by atoms with Crippen molar-refractivity contribution in [3.05, 3.63) is 90.8 Å². The van der Waals surface area contributed by atoms with Crippen LogP contribution in [-0.2, 0) is 0 Å². The van der Waals surface area contributed by atoms with Crippen molar-refractivity contribution < 1.29 is 4.74 Å². The lowest BCUT2D eigenvalue weighted by molar-refractivity contribution is 0.415. The molecule has 0 saturated heterocycles. The third-order valence-electron chi connectivity index (χ3n) is 4.53. The van der Waals surface area contributed by atoms with Gasteiger partial charge in [0.15, 0.2) is 0 Å². The Morgan fingerprint density at radius 3 is 2.38 bits per heavy atom. The molecule has 2 heterocycles. The number of aromatic nitrogens is 2. The Morgan fingerprint density at radius 1 is 0.931 bits per heavy atom. The Kier molecular flexibility index (Phi) is 5.17. The van der Waals surface area contributed by atoms with Crippen molar-refractivity contribution in [2.24, 2.45) is 0 Å². The van der Waals surface area contributed by atoms with Crippen LogP contribution < -0.4 is 10.1 Å². The molecular formula is C24H18N4O. The van der Waals surface area contributed by atoms with Gasteiger partial charge < -0.3 is 10.1 Å². The van der Waals surface area contributed by atoms with Gasteiger partial charge in [0.1, 0.15) is 23.2 Å². The largest absolute Gasteiger partial charge is 0.497 e.